The number of nitrogens with one attached hydrogen (secondary N) is 1. The highest BCUT2D eigenvalue weighted by atomic mass is 32.1. The smallest absolute Gasteiger partial charge is 0.109 e. The number of rotatable bonds is 4. The van der Waals surface area contributed by atoms with Gasteiger partial charge in [0.1, 0.15) is 5.82 Å². The van der Waals surface area contributed by atoms with Gasteiger partial charge < -0.3 is 9.88 Å². The molecule has 2 aromatic heterocycles. The summed E-state index contributed by atoms with van der Waals surface area (Å²) in [6.07, 6.45) is 5.85. The number of hydrogen-bond donors (Lipinski definition) is 1. The summed E-state index contributed by atoms with van der Waals surface area (Å²) < 4.78 is 2.31. The number of aromatic nitrogens is 2. The molecule has 0 unspecified atom stereocenters. The molecule has 0 atom stereocenters. The van der Waals surface area contributed by atoms with Gasteiger partial charge in [-0.1, -0.05) is 12.1 Å². The Kier molecular flexibility index (Phi) is 3.92. The first-order valence-corrected chi connectivity index (χ1v) is 9.10. The Morgan fingerprint density at radius 1 is 1.22 bits per heavy atom. The minimum absolute atomic E-state index is 0.877. The number of aryl methyl sites for hydroxylation is 3. The van der Waals surface area contributed by atoms with Crippen LogP contribution in [0.5, 0.6) is 0 Å². The largest absolute Gasteiger partial charge is 0.381 e. The van der Waals surface area contributed by atoms with Gasteiger partial charge in [-0.15, -0.1) is 11.3 Å². The van der Waals surface area contributed by atoms with Gasteiger partial charge in [-0.05, 0) is 48.9 Å². The van der Waals surface area contributed by atoms with E-state index in [1.165, 1.54) is 34.7 Å². The third kappa shape index (κ3) is 3.17. The third-order valence-electron chi connectivity index (χ3n) is 4.37. The van der Waals surface area contributed by atoms with Crippen LogP contribution >= 0.6 is 11.3 Å². The van der Waals surface area contributed by atoms with Crippen molar-refractivity contribution in [2.75, 3.05) is 5.32 Å². The van der Waals surface area contributed by atoms with E-state index in [9.17, 15) is 0 Å². The van der Waals surface area contributed by atoms with Crippen molar-refractivity contribution in [3.05, 3.63) is 58.2 Å². The molecular formula is C19H21N3S. The van der Waals surface area contributed by atoms with Crippen LogP contribution in [0.25, 0.3) is 11.3 Å². The van der Waals surface area contributed by atoms with Crippen molar-refractivity contribution < 1.29 is 0 Å². The zero-order valence-electron chi connectivity index (χ0n) is 13.4. The molecule has 0 fully saturated rings. The van der Waals surface area contributed by atoms with Gasteiger partial charge in [-0.25, -0.2) is 4.98 Å². The summed E-state index contributed by atoms with van der Waals surface area (Å²) >= 11 is 1.80. The van der Waals surface area contributed by atoms with Gasteiger partial charge in [0.25, 0.3) is 0 Å². The average molecular weight is 323 g/mol. The summed E-state index contributed by atoms with van der Waals surface area (Å²) in [7, 11) is 0. The summed E-state index contributed by atoms with van der Waals surface area (Å²) in [6, 6.07) is 10.9. The Labute approximate surface area is 141 Å². The van der Waals surface area contributed by atoms with E-state index >= 15 is 0 Å². The molecule has 0 saturated heterocycles. The van der Waals surface area contributed by atoms with Gasteiger partial charge in [0.05, 0.1) is 5.69 Å². The van der Waals surface area contributed by atoms with Crippen molar-refractivity contribution in [3.63, 3.8) is 0 Å². The number of hydrogen-bond acceptors (Lipinski definition) is 3. The maximum atomic E-state index is 4.79. The van der Waals surface area contributed by atoms with Crippen LogP contribution in [0.2, 0.25) is 0 Å². The highest BCUT2D eigenvalue weighted by molar-refractivity contribution is 7.10. The first-order valence-electron chi connectivity index (χ1n) is 8.22. The molecule has 0 saturated carbocycles. The molecule has 1 N–H and O–H groups in total. The van der Waals surface area contributed by atoms with Crippen molar-refractivity contribution in [3.8, 4) is 11.3 Å². The normalized spacial score (nSPS) is 13.8. The summed E-state index contributed by atoms with van der Waals surface area (Å²) in [5.74, 6) is 1.24. The third-order valence-corrected chi connectivity index (χ3v) is 5.28. The van der Waals surface area contributed by atoms with E-state index in [4.69, 9.17) is 4.98 Å². The number of imidazole rings is 1. The molecule has 3 nitrogen and oxygen atoms in total. The zero-order valence-corrected chi connectivity index (χ0v) is 14.2. The zero-order chi connectivity index (χ0) is 15.6. The van der Waals surface area contributed by atoms with Crippen molar-refractivity contribution in [2.45, 2.75) is 39.3 Å². The van der Waals surface area contributed by atoms with Gasteiger partial charge in [0, 0.05) is 41.8 Å². The molecule has 4 rings (SSSR count). The van der Waals surface area contributed by atoms with Crippen LogP contribution in [0.4, 0.5) is 5.69 Å². The Morgan fingerprint density at radius 2 is 2.09 bits per heavy atom. The highest BCUT2D eigenvalue weighted by Crippen LogP contribution is 2.24. The molecule has 3 heterocycles. The van der Waals surface area contributed by atoms with E-state index in [1.807, 2.05) is 0 Å². The maximum absolute atomic E-state index is 4.79. The maximum Gasteiger partial charge on any atom is 0.109 e. The molecule has 23 heavy (non-hydrogen) atoms. The van der Waals surface area contributed by atoms with E-state index in [0.29, 0.717) is 0 Å². The standard InChI is InChI=1S/C19H21N3S/c1-14-10-15(13-23-14)11-20-17-7-5-16(6-8-17)18-12-22-9-3-2-4-19(22)21-18/h5-8,10,12-13,20H,2-4,9,11H2,1H3. The van der Waals surface area contributed by atoms with E-state index in [0.717, 1.165) is 30.9 Å². The van der Waals surface area contributed by atoms with E-state index in [1.54, 1.807) is 11.3 Å². The van der Waals surface area contributed by atoms with Crippen LogP contribution in [0, 0.1) is 6.92 Å². The van der Waals surface area contributed by atoms with E-state index in [-0.39, 0.29) is 0 Å². The predicted octanol–water partition coefficient (Wildman–Crippen LogP) is 4.87. The summed E-state index contributed by atoms with van der Waals surface area (Å²) in [6.45, 7) is 4.14. The van der Waals surface area contributed by atoms with E-state index in [2.05, 4.69) is 58.7 Å². The van der Waals surface area contributed by atoms with Gasteiger partial charge in [0.2, 0.25) is 0 Å². The molecule has 0 spiro atoms. The monoisotopic (exact) mass is 323 g/mol. The van der Waals surface area contributed by atoms with Crippen LogP contribution in [-0.2, 0) is 19.5 Å². The summed E-state index contributed by atoms with van der Waals surface area (Å²) in [4.78, 5) is 6.15. The average Bonchev–Trinajstić information content (AvgIpc) is 3.19. The van der Waals surface area contributed by atoms with Crippen molar-refractivity contribution in [1.82, 2.24) is 9.55 Å². The molecular weight excluding hydrogens is 302 g/mol. The predicted molar refractivity (Wildman–Crippen MR) is 97.0 cm³/mol. The number of anilines is 1. The summed E-state index contributed by atoms with van der Waals surface area (Å²) in [5, 5.41) is 5.70. The van der Waals surface area contributed by atoms with Crippen LogP contribution in [0.15, 0.2) is 41.9 Å². The van der Waals surface area contributed by atoms with E-state index < -0.39 is 0 Å². The molecule has 3 aromatic rings. The molecule has 1 aromatic carbocycles. The lowest BCUT2D eigenvalue weighted by Gasteiger charge is -2.11. The number of benzene rings is 1. The van der Waals surface area contributed by atoms with Crippen LogP contribution in [0.1, 0.15) is 29.1 Å². The molecule has 1 aliphatic heterocycles. The quantitative estimate of drug-likeness (QED) is 0.742. The number of thiophene rings is 1. The summed E-state index contributed by atoms with van der Waals surface area (Å²) in [5.41, 5.74) is 4.80. The van der Waals surface area contributed by atoms with Gasteiger partial charge in [-0.2, -0.15) is 0 Å². The van der Waals surface area contributed by atoms with Crippen LogP contribution < -0.4 is 5.32 Å². The second-order valence-corrected chi connectivity index (χ2v) is 7.30. The first kappa shape index (κ1) is 14.5. The SMILES string of the molecule is Cc1cc(CNc2ccc(-c3cn4c(n3)CCCC4)cc2)cs1. The molecule has 0 amide bonds. The lowest BCUT2D eigenvalue weighted by molar-refractivity contribution is 0.522. The Balaban J connectivity index is 1.46. The highest BCUT2D eigenvalue weighted by Gasteiger charge is 2.13. The minimum Gasteiger partial charge on any atom is -0.381 e. The number of fused-ring (bicyclic) bond motifs is 1. The fourth-order valence-electron chi connectivity index (χ4n) is 3.11. The number of nitrogens with zero attached hydrogens (tertiary/aromatic N) is 2. The molecule has 1 aliphatic rings. The van der Waals surface area contributed by atoms with Gasteiger partial charge in [-0.3, -0.25) is 0 Å². The lowest BCUT2D eigenvalue weighted by Crippen LogP contribution is -2.08. The minimum atomic E-state index is 0.877. The Bertz CT molecular complexity index is 775. The molecule has 4 heteroatoms. The lowest BCUT2D eigenvalue weighted by atomic mass is 10.1. The Morgan fingerprint density at radius 3 is 2.83 bits per heavy atom. The molecule has 118 valence electrons. The van der Waals surface area contributed by atoms with Crippen LogP contribution in [0.3, 0.4) is 0 Å². The van der Waals surface area contributed by atoms with Crippen molar-refractivity contribution in [1.29, 1.82) is 0 Å². The molecule has 0 bridgehead atoms. The molecule has 0 aliphatic carbocycles. The van der Waals surface area contributed by atoms with Crippen molar-refractivity contribution >= 4 is 17.0 Å². The van der Waals surface area contributed by atoms with Gasteiger partial charge in [0.15, 0.2) is 0 Å². The second kappa shape index (κ2) is 6.20. The fraction of sp³-hybridized carbons (Fsp3) is 0.316. The topological polar surface area (TPSA) is 29.9 Å². The first-order chi connectivity index (χ1) is 11.3. The van der Waals surface area contributed by atoms with Gasteiger partial charge >= 0.3 is 0 Å². The fourth-order valence-corrected chi connectivity index (χ4v) is 3.81. The Hall–Kier alpha value is -2.07. The molecule has 0 radical (unpaired) electrons. The second-order valence-electron chi connectivity index (χ2n) is 6.19. The van der Waals surface area contributed by atoms with Crippen LogP contribution in [-0.4, -0.2) is 9.55 Å². The van der Waals surface area contributed by atoms with Crippen molar-refractivity contribution in [2.24, 2.45) is 0 Å².